The van der Waals surface area contributed by atoms with Crippen molar-refractivity contribution in [3.8, 4) is 20.9 Å². The molecule has 4 aromatic rings. The Hall–Kier alpha value is -2.12. The Balaban J connectivity index is 1.60. The maximum absolute atomic E-state index is 13.7. The number of hydrogen-bond acceptors (Lipinski definition) is 6. The minimum atomic E-state index is -0.264. The molecule has 0 bridgehead atoms. The van der Waals surface area contributed by atoms with E-state index in [4.69, 9.17) is 7.96 Å². The third kappa shape index (κ3) is 3.69. The molecule has 0 saturated heterocycles. The van der Waals surface area contributed by atoms with Gasteiger partial charge in [0.25, 0.3) is 0 Å². The molecule has 4 heterocycles. The SMILES string of the molecule is CCCCCCCCN1C(=O)c2c(c(-c3cccs3)c3n[se]nc3c2-c2cccs2)C1=O. The van der Waals surface area contributed by atoms with Crippen LogP contribution < -0.4 is 0 Å². The quantitative estimate of drug-likeness (QED) is 0.150. The van der Waals surface area contributed by atoms with Crippen LogP contribution in [-0.4, -0.2) is 46.2 Å². The van der Waals surface area contributed by atoms with Gasteiger partial charge in [-0.1, -0.05) is 13.3 Å². The van der Waals surface area contributed by atoms with Crippen molar-refractivity contribution in [1.82, 2.24) is 12.9 Å². The van der Waals surface area contributed by atoms with Gasteiger partial charge in [0.2, 0.25) is 0 Å². The van der Waals surface area contributed by atoms with Crippen LogP contribution in [0.4, 0.5) is 0 Å². The fraction of sp³-hybridized carbons (Fsp3) is 0.333. The normalized spacial score (nSPS) is 13.5. The van der Waals surface area contributed by atoms with E-state index in [0.29, 0.717) is 17.7 Å². The summed E-state index contributed by atoms with van der Waals surface area (Å²) in [6.45, 7) is 2.67. The summed E-state index contributed by atoms with van der Waals surface area (Å²) in [6.07, 6.45) is 6.67. The van der Waals surface area contributed by atoms with Gasteiger partial charge in [-0.15, -0.1) is 0 Å². The van der Waals surface area contributed by atoms with Crippen molar-refractivity contribution in [3.05, 3.63) is 46.2 Å². The van der Waals surface area contributed by atoms with E-state index in [2.05, 4.69) is 6.92 Å². The predicted molar refractivity (Wildman–Crippen MR) is 132 cm³/mol. The van der Waals surface area contributed by atoms with Crippen LogP contribution in [0.15, 0.2) is 35.0 Å². The zero-order chi connectivity index (χ0) is 22.1. The van der Waals surface area contributed by atoms with Crippen LogP contribution in [0.3, 0.4) is 0 Å². The van der Waals surface area contributed by atoms with Gasteiger partial charge in [-0.3, -0.25) is 0 Å². The van der Waals surface area contributed by atoms with Gasteiger partial charge in [0.15, 0.2) is 0 Å². The molecule has 0 fully saturated rings. The summed E-state index contributed by atoms with van der Waals surface area (Å²) in [4.78, 5) is 30.7. The monoisotopic (exact) mass is 529 g/mol. The number of amides is 2. The second-order valence-corrected chi connectivity index (χ2v) is 10.9. The Kier molecular flexibility index (Phi) is 6.37. The Morgan fingerprint density at radius 3 is 1.81 bits per heavy atom. The molecular weight excluding hydrogens is 505 g/mol. The van der Waals surface area contributed by atoms with Crippen LogP contribution in [0.2, 0.25) is 0 Å². The fourth-order valence-corrected chi connectivity index (χ4v) is 7.10. The van der Waals surface area contributed by atoms with Crippen molar-refractivity contribution in [2.24, 2.45) is 0 Å². The van der Waals surface area contributed by atoms with E-state index >= 15 is 0 Å². The van der Waals surface area contributed by atoms with Gasteiger partial charge in [0.05, 0.1) is 0 Å². The number of hydrogen-bond donors (Lipinski definition) is 0. The molecule has 0 saturated carbocycles. The van der Waals surface area contributed by atoms with Crippen molar-refractivity contribution in [2.75, 3.05) is 6.54 Å². The number of fused-ring (bicyclic) bond motifs is 2. The number of nitrogens with zero attached hydrogens (tertiary/aromatic N) is 3. The number of thiophene rings is 2. The van der Waals surface area contributed by atoms with Gasteiger partial charge in [-0.2, -0.15) is 0 Å². The Morgan fingerprint density at radius 1 is 0.781 bits per heavy atom. The third-order valence-electron chi connectivity index (χ3n) is 5.90. The number of rotatable bonds is 9. The van der Waals surface area contributed by atoms with E-state index in [1.807, 2.05) is 35.0 Å². The van der Waals surface area contributed by atoms with Crippen molar-refractivity contribution in [2.45, 2.75) is 45.4 Å². The van der Waals surface area contributed by atoms with Crippen LogP contribution in [0.1, 0.15) is 66.2 Å². The molecule has 2 amide bonds. The number of unbranched alkanes of at least 4 members (excludes halogenated alkanes) is 5. The summed E-state index contributed by atoms with van der Waals surface area (Å²) >= 11 is 2.88. The van der Waals surface area contributed by atoms with Crippen LogP contribution in [0.5, 0.6) is 0 Å². The summed E-state index contributed by atoms with van der Waals surface area (Å²) < 4.78 is 9.43. The molecular formula is C24H23N3O2S2Se. The Morgan fingerprint density at radius 2 is 1.31 bits per heavy atom. The zero-order valence-corrected chi connectivity index (χ0v) is 21.1. The molecule has 1 aliphatic heterocycles. The van der Waals surface area contributed by atoms with Gasteiger partial charge in [-0.25, -0.2) is 0 Å². The van der Waals surface area contributed by atoms with E-state index in [1.165, 1.54) is 24.2 Å². The minimum absolute atomic E-state index is 0.183. The molecule has 0 atom stereocenters. The fourth-order valence-electron chi connectivity index (χ4n) is 4.37. The summed E-state index contributed by atoms with van der Waals surface area (Å²) in [5, 5.41) is 3.99. The van der Waals surface area contributed by atoms with Gasteiger partial charge in [-0.05, 0) is 0 Å². The molecule has 5 nitrogen and oxygen atoms in total. The molecule has 0 aliphatic carbocycles. The Labute approximate surface area is 201 Å². The van der Waals surface area contributed by atoms with Crippen LogP contribution in [0.25, 0.3) is 31.9 Å². The average Bonchev–Trinajstić information content (AvgIpc) is 3.59. The average molecular weight is 529 g/mol. The summed E-state index contributed by atoms with van der Waals surface area (Å²) in [7, 11) is 0. The molecule has 164 valence electrons. The maximum atomic E-state index is 13.7. The van der Waals surface area contributed by atoms with Crippen molar-refractivity contribution >= 4 is 60.5 Å². The molecule has 0 radical (unpaired) electrons. The molecule has 0 unspecified atom stereocenters. The molecule has 0 spiro atoms. The topological polar surface area (TPSA) is 63.2 Å². The standard InChI is InChI=1S/C24H23N3O2S2Se/c1-2-3-4-5-6-7-12-27-23(28)19-17(15-10-8-13-30-15)21-22(26-32-25-21)18(20(19)24(27)29)16-11-9-14-31-16/h8-11,13-14H,2-7,12H2,1H3. The number of carbonyl (C=O) groups excluding carboxylic acids is 2. The van der Waals surface area contributed by atoms with Crippen molar-refractivity contribution in [1.29, 1.82) is 0 Å². The summed E-state index contributed by atoms with van der Waals surface area (Å²) in [5.41, 5.74) is 4.16. The number of aromatic nitrogens is 2. The van der Waals surface area contributed by atoms with Gasteiger partial charge < -0.3 is 0 Å². The molecule has 5 rings (SSSR count). The molecule has 1 aromatic carbocycles. The first-order valence-electron chi connectivity index (χ1n) is 11.0. The van der Waals surface area contributed by atoms with Crippen molar-refractivity contribution < 1.29 is 9.59 Å². The van der Waals surface area contributed by atoms with Gasteiger partial charge in [0, 0.05) is 0 Å². The second kappa shape index (κ2) is 9.40. The van der Waals surface area contributed by atoms with Gasteiger partial charge >= 0.3 is 189 Å². The third-order valence-corrected chi connectivity index (χ3v) is 8.78. The van der Waals surface area contributed by atoms with E-state index in [1.54, 1.807) is 22.7 Å². The van der Waals surface area contributed by atoms with Gasteiger partial charge in [0.1, 0.15) is 0 Å². The van der Waals surface area contributed by atoms with E-state index in [0.717, 1.165) is 51.2 Å². The molecule has 8 heteroatoms. The van der Waals surface area contributed by atoms with E-state index in [9.17, 15) is 9.59 Å². The zero-order valence-electron chi connectivity index (χ0n) is 17.8. The molecule has 3 aromatic heterocycles. The van der Waals surface area contributed by atoms with Crippen LogP contribution in [0, 0.1) is 0 Å². The summed E-state index contributed by atoms with van der Waals surface area (Å²) in [6, 6.07) is 7.94. The summed E-state index contributed by atoms with van der Waals surface area (Å²) in [5.74, 6) is -0.366. The number of carbonyl (C=O) groups is 2. The molecule has 0 N–H and O–H groups in total. The molecule has 32 heavy (non-hydrogen) atoms. The second-order valence-electron chi connectivity index (χ2n) is 7.95. The van der Waals surface area contributed by atoms with E-state index in [-0.39, 0.29) is 26.8 Å². The molecule has 1 aliphatic rings. The first kappa shape index (κ1) is 21.7. The number of imide groups is 1. The Bertz CT molecular complexity index is 1170. The first-order chi connectivity index (χ1) is 15.7. The van der Waals surface area contributed by atoms with Crippen molar-refractivity contribution in [3.63, 3.8) is 0 Å². The predicted octanol–water partition coefficient (Wildman–Crippen LogP) is 6.10. The van der Waals surface area contributed by atoms with E-state index < -0.39 is 0 Å². The number of benzene rings is 1. The van der Waals surface area contributed by atoms with Crippen LogP contribution in [-0.2, 0) is 0 Å². The first-order valence-corrected chi connectivity index (χ1v) is 14.3. The van der Waals surface area contributed by atoms with Crippen LogP contribution >= 0.6 is 22.7 Å².